The zero-order valence-corrected chi connectivity index (χ0v) is 18.3. The average molecular weight is 428 g/mol. The van der Waals surface area contributed by atoms with E-state index in [9.17, 15) is 4.79 Å². The van der Waals surface area contributed by atoms with Crippen LogP contribution in [0.2, 0.25) is 5.02 Å². The van der Waals surface area contributed by atoms with Crippen LogP contribution in [-0.4, -0.2) is 44.0 Å². The Kier molecular flexibility index (Phi) is 5.64. The third-order valence-electron chi connectivity index (χ3n) is 5.06. The van der Waals surface area contributed by atoms with Gasteiger partial charge in [-0.1, -0.05) is 11.6 Å². The molecule has 0 N–H and O–H groups in total. The van der Waals surface area contributed by atoms with Gasteiger partial charge in [-0.2, -0.15) is 0 Å². The number of fused-ring (bicyclic) bond motifs is 1. The summed E-state index contributed by atoms with van der Waals surface area (Å²) in [6, 6.07) is 5.58. The van der Waals surface area contributed by atoms with Gasteiger partial charge < -0.3 is 9.64 Å². The Labute approximate surface area is 181 Å². The number of hydrogen-bond acceptors (Lipinski definition) is 6. The maximum Gasteiger partial charge on any atom is 0.306 e. The zero-order valence-electron chi connectivity index (χ0n) is 17.5. The molecule has 1 saturated heterocycles. The van der Waals surface area contributed by atoms with E-state index in [1.807, 2.05) is 49.6 Å². The molecule has 0 unspecified atom stereocenters. The van der Waals surface area contributed by atoms with Crippen molar-refractivity contribution in [3.63, 3.8) is 0 Å². The van der Waals surface area contributed by atoms with Crippen LogP contribution in [0.15, 0.2) is 36.8 Å². The number of carbonyl (C=O) groups is 1. The Morgan fingerprint density at radius 3 is 2.90 bits per heavy atom. The molecule has 4 rings (SSSR count). The Hall–Kier alpha value is -2.67. The van der Waals surface area contributed by atoms with E-state index in [4.69, 9.17) is 21.3 Å². The predicted octanol–water partition coefficient (Wildman–Crippen LogP) is 4.39. The second-order valence-electron chi connectivity index (χ2n) is 8.70. The van der Waals surface area contributed by atoms with Crippen molar-refractivity contribution in [1.29, 1.82) is 0 Å². The van der Waals surface area contributed by atoms with E-state index < -0.39 is 5.60 Å². The fourth-order valence-electron chi connectivity index (χ4n) is 3.83. The maximum absolute atomic E-state index is 12.2. The lowest BCUT2D eigenvalue weighted by atomic mass is 9.94. The highest BCUT2D eigenvalue weighted by molar-refractivity contribution is 6.30. The summed E-state index contributed by atoms with van der Waals surface area (Å²) in [6.45, 7) is 7.37. The number of piperidine rings is 1. The van der Waals surface area contributed by atoms with E-state index in [-0.39, 0.29) is 11.9 Å². The number of pyridine rings is 1. The first-order chi connectivity index (χ1) is 14.3. The molecule has 3 aromatic rings. The molecule has 0 radical (unpaired) electrons. The molecule has 1 atom stereocenters. The molecule has 0 saturated carbocycles. The summed E-state index contributed by atoms with van der Waals surface area (Å²) in [4.78, 5) is 28.1. The Morgan fingerprint density at radius 2 is 2.10 bits per heavy atom. The van der Waals surface area contributed by atoms with Crippen molar-refractivity contribution in [2.75, 3.05) is 18.0 Å². The molecule has 8 heteroatoms. The Morgan fingerprint density at radius 1 is 1.27 bits per heavy atom. The SMILES string of the molecule is CC(C)(C)OC(=O)C[C@H]1CCCN(c2ccnc(-c3cnc4ccc(Cl)cn34)n2)C1. The molecule has 0 aliphatic carbocycles. The molecular formula is C22H26ClN5O2. The quantitative estimate of drug-likeness (QED) is 0.575. The molecule has 4 heterocycles. The summed E-state index contributed by atoms with van der Waals surface area (Å²) in [5.41, 5.74) is 1.12. The molecule has 30 heavy (non-hydrogen) atoms. The van der Waals surface area contributed by atoms with Crippen LogP contribution in [-0.2, 0) is 9.53 Å². The topological polar surface area (TPSA) is 72.6 Å². The number of anilines is 1. The summed E-state index contributed by atoms with van der Waals surface area (Å²) < 4.78 is 7.39. The number of imidazole rings is 1. The van der Waals surface area contributed by atoms with E-state index in [1.165, 1.54) is 0 Å². The largest absolute Gasteiger partial charge is 0.460 e. The number of aromatic nitrogens is 4. The fraction of sp³-hybridized carbons (Fsp3) is 0.455. The van der Waals surface area contributed by atoms with Crippen LogP contribution in [0.5, 0.6) is 0 Å². The molecular weight excluding hydrogens is 402 g/mol. The predicted molar refractivity (Wildman–Crippen MR) is 117 cm³/mol. The van der Waals surface area contributed by atoms with Crippen molar-refractivity contribution in [2.24, 2.45) is 5.92 Å². The van der Waals surface area contributed by atoms with Crippen molar-refractivity contribution in [2.45, 2.75) is 45.6 Å². The molecule has 0 spiro atoms. The number of nitrogens with zero attached hydrogens (tertiary/aromatic N) is 5. The van der Waals surface area contributed by atoms with Gasteiger partial charge in [-0.25, -0.2) is 15.0 Å². The van der Waals surface area contributed by atoms with Crippen molar-refractivity contribution in [1.82, 2.24) is 19.4 Å². The molecule has 0 bridgehead atoms. The fourth-order valence-corrected chi connectivity index (χ4v) is 3.99. The smallest absolute Gasteiger partial charge is 0.306 e. The van der Waals surface area contributed by atoms with Crippen molar-refractivity contribution < 1.29 is 9.53 Å². The number of rotatable bonds is 4. The summed E-state index contributed by atoms with van der Waals surface area (Å²) in [7, 11) is 0. The van der Waals surface area contributed by atoms with Crippen LogP contribution in [0.4, 0.5) is 5.82 Å². The lowest BCUT2D eigenvalue weighted by Crippen LogP contribution is -2.37. The number of ether oxygens (including phenoxy) is 1. The normalized spacial score (nSPS) is 17.3. The van der Waals surface area contributed by atoms with Crippen molar-refractivity contribution in [3.8, 4) is 11.5 Å². The Bertz CT molecular complexity index is 1060. The van der Waals surface area contributed by atoms with E-state index in [0.29, 0.717) is 17.3 Å². The molecule has 7 nitrogen and oxygen atoms in total. The van der Waals surface area contributed by atoms with Crippen molar-refractivity contribution >= 4 is 29.0 Å². The molecule has 1 aliphatic heterocycles. The van der Waals surface area contributed by atoms with Gasteiger partial charge in [0, 0.05) is 25.5 Å². The monoisotopic (exact) mass is 427 g/mol. The van der Waals surface area contributed by atoms with E-state index >= 15 is 0 Å². The summed E-state index contributed by atoms with van der Waals surface area (Å²) in [6.07, 6.45) is 7.79. The number of carbonyl (C=O) groups excluding carboxylic acids is 1. The third kappa shape index (κ3) is 4.73. The van der Waals surface area contributed by atoms with Gasteiger partial charge >= 0.3 is 5.97 Å². The van der Waals surface area contributed by atoms with Gasteiger partial charge in [-0.3, -0.25) is 9.20 Å². The molecule has 158 valence electrons. The molecule has 0 amide bonds. The molecule has 0 aromatic carbocycles. The van der Waals surface area contributed by atoms with Crippen LogP contribution in [0.3, 0.4) is 0 Å². The number of hydrogen-bond donors (Lipinski definition) is 0. The second-order valence-corrected chi connectivity index (χ2v) is 9.14. The van der Waals surface area contributed by atoms with Crippen LogP contribution in [0.1, 0.15) is 40.0 Å². The first-order valence-electron chi connectivity index (χ1n) is 10.2. The van der Waals surface area contributed by atoms with Crippen LogP contribution in [0.25, 0.3) is 17.2 Å². The van der Waals surface area contributed by atoms with Gasteiger partial charge in [0.2, 0.25) is 0 Å². The number of esters is 1. The molecule has 1 fully saturated rings. The summed E-state index contributed by atoms with van der Waals surface area (Å²) in [5.74, 6) is 1.56. The summed E-state index contributed by atoms with van der Waals surface area (Å²) >= 11 is 6.15. The zero-order chi connectivity index (χ0) is 21.3. The summed E-state index contributed by atoms with van der Waals surface area (Å²) in [5, 5.41) is 0.624. The minimum Gasteiger partial charge on any atom is -0.460 e. The second kappa shape index (κ2) is 8.22. The van der Waals surface area contributed by atoms with Crippen LogP contribution in [0, 0.1) is 5.92 Å². The standard InChI is InChI=1S/C22H26ClN5O2/c1-22(2,3)30-20(29)11-15-5-4-10-27(13-15)19-8-9-24-21(26-19)17-12-25-18-7-6-16(23)14-28(17)18/h6-9,12,14-15H,4-5,10-11,13H2,1-3H3/t15-/m1/s1. The van der Waals surface area contributed by atoms with Gasteiger partial charge in [-0.15, -0.1) is 0 Å². The van der Waals surface area contributed by atoms with E-state index in [1.54, 1.807) is 12.4 Å². The maximum atomic E-state index is 12.2. The van der Waals surface area contributed by atoms with Crippen LogP contribution < -0.4 is 4.90 Å². The minimum atomic E-state index is -0.454. The average Bonchev–Trinajstić information content (AvgIpc) is 3.10. The lowest BCUT2D eigenvalue weighted by molar-refractivity contribution is -0.156. The third-order valence-corrected chi connectivity index (χ3v) is 5.28. The van der Waals surface area contributed by atoms with Gasteiger partial charge in [-0.05, 0) is 57.7 Å². The first kappa shape index (κ1) is 20.6. The minimum absolute atomic E-state index is 0.139. The highest BCUT2D eigenvalue weighted by Crippen LogP contribution is 2.27. The van der Waals surface area contributed by atoms with Crippen molar-refractivity contribution in [3.05, 3.63) is 41.8 Å². The lowest BCUT2D eigenvalue weighted by Gasteiger charge is -2.33. The first-order valence-corrected chi connectivity index (χ1v) is 10.6. The number of halogens is 1. The molecule has 3 aromatic heterocycles. The van der Waals surface area contributed by atoms with Gasteiger partial charge in [0.05, 0.1) is 17.6 Å². The Balaban J connectivity index is 1.52. The van der Waals surface area contributed by atoms with Gasteiger partial charge in [0.25, 0.3) is 0 Å². The highest BCUT2D eigenvalue weighted by Gasteiger charge is 2.26. The van der Waals surface area contributed by atoms with Gasteiger partial charge in [0.1, 0.15) is 22.8 Å². The van der Waals surface area contributed by atoms with E-state index in [0.717, 1.165) is 43.1 Å². The van der Waals surface area contributed by atoms with E-state index in [2.05, 4.69) is 14.9 Å². The molecule has 1 aliphatic rings. The van der Waals surface area contributed by atoms with Crippen LogP contribution >= 0.6 is 11.6 Å². The van der Waals surface area contributed by atoms with Gasteiger partial charge in [0.15, 0.2) is 5.82 Å². The highest BCUT2D eigenvalue weighted by atomic mass is 35.5.